The van der Waals surface area contributed by atoms with Gasteiger partial charge in [0.05, 0.1) is 11.4 Å². The van der Waals surface area contributed by atoms with E-state index in [0.29, 0.717) is 27.5 Å². The molecule has 2 amide bonds. The fourth-order valence-corrected chi connectivity index (χ4v) is 3.75. The predicted molar refractivity (Wildman–Crippen MR) is 124 cm³/mol. The molecule has 7 nitrogen and oxygen atoms in total. The second kappa shape index (κ2) is 9.04. The van der Waals surface area contributed by atoms with Gasteiger partial charge < -0.3 is 15.7 Å². The van der Waals surface area contributed by atoms with Crippen LogP contribution in [-0.4, -0.2) is 32.9 Å². The van der Waals surface area contributed by atoms with E-state index in [-0.39, 0.29) is 29.6 Å². The number of nitrogens with one attached hydrogen (secondary N) is 2. The number of benzene rings is 2. The van der Waals surface area contributed by atoms with Crippen molar-refractivity contribution in [3.05, 3.63) is 64.8 Å². The van der Waals surface area contributed by atoms with E-state index >= 15 is 0 Å². The quantitative estimate of drug-likeness (QED) is 0.483. The molecule has 0 saturated heterocycles. The highest BCUT2D eigenvalue weighted by Crippen LogP contribution is 2.39. The van der Waals surface area contributed by atoms with Crippen LogP contribution >= 0.6 is 11.6 Å². The Bertz CT molecular complexity index is 1150. The number of rotatable bonds is 5. The number of carbonyl (C=O) groups excluding carboxylic acids is 2. The average molecular weight is 453 g/mol. The van der Waals surface area contributed by atoms with Crippen LogP contribution in [0.5, 0.6) is 5.75 Å². The fraction of sp³-hybridized carbons (Fsp3) is 0.292. The van der Waals surface area contributed by atoms with Gasteiger partial charge in [0.1, 0.15) is 5.75 Å². The largest absolute Gasteiger partial charge is 0.507 e. The van der Waals surface area contributed by atoms with Crippen LogP contribution in [0.3, 0.4) is 0 Å². The number of carbonyl (C=O) groups is 2. The van der Waals surface area contributed by atoms with Crippen molar-refractivity contribution >= 4 is 29.2 Å². The third-order valence-electron chi connectivity index (χ3n) is 5.50. The molecule has 1 heterocycles. The third kappa shape index (κ3) is 4.62. The summed E-state index contributed by atoms with van der Waals surface area (Å²) in [6, 6.07) is 13.0. The Morgan fingerprint density at radius 3 is 2.44 bits per heavy atom. The molecule has 3 aromatic rings. The van der Waals surface area contributed by atoms with E-state index in [9.17, 15) is 14.7 Å². The minimum atomic E-state index is -0.310. The van der Waals surface area contributed by atoms with Crippen molar-refractivity contribution in [2.45, 2.75) is 45.1 Å². The number of nitrogens with zero attached hydrogens (tertiary/aromatic N) is 2. The molecule has 2 aromatic carbocycles. The summed E-state index contributed by atoms with van der Waals surface area (Å²) in [6.07, 6.45) is 3.16. The van der Waals surface area contributed by atoms with Crippen LogP contribution < -0.4 is 10.6 Å². The number of hydrogen-bond acceptors (Lipinski definition) is 4. The van der Waals surface area contributed by atoms with Crippen molar-refractivity contribution in [1.82, 2.24) is 15.1 Å². The number of anilines is 1. The fourth-order valence-electron chi connectivity index (χ4n) is 3.62. The van der Waals surface area contributed by atoms with E-state index in [0.717, 1.165) is 25.0 Å². The monoisotopic (exact) mass is 452 g/mol. The molecule has 1 aliphatic carbocycles. The minimum Gasteiger partial charge on any atom is -0.507 e. The lowest BCUT2D eigenvalue weighted by atomic mass is 9.82. The topological polar surface area (TPSA) is 96.3 Å². The molecule has 1 aliphatic rings. The Kier molecular flexibility index (Phi) is 6.19. The van der Waals surface area contributed by atoms with Crippen LogP contribution in [0.4, 0.5) is 10.5 Å². The third-order valence-corrected chi connectivity index (χ3v) is 5.75. The first-order valence-electron chi connectivity index (χ1n) is 10.6. The van der Waals surface area contributed by atoms with E-state index in [4.69, 9.17) is 11.6 Å². The molecular weight excluding hydrogens is 428 g/mol. The maximum Gasteiger partial charge on any atom is 0.342 e. The minimum absolute atomic E-state index is 0.0127. The number of aromatic hydroxyl groups is 1. The van der Waals surface area contributed by atoms with Gasteiger partial charge in [-0.1, -0.05) is 18.0 Å². The van der Waals surface area contributed by atoms with Crippen LogP contribution in [0.25, 0.3) is 11.3 Å². The standard InChI is InChI=1S/C24H25ClN4O3/c1-14(2)26-24(32)29-21(15-4-3-5-15)13-20(28-29)19-11-10-18(12-22(19)30)27-23(31)16-6-8-17(25)9-7-16/h6-15,30H,3-5H2,1-2H3,(H,26,32)(H,27,31). The van der Waals surface area contributed by atoms with Crippen molar-refractivity contribution in [3.63, 3.8) is 0 Å². The Labute approximate surface area is 191 Å². The zero-order valence-corrected chi connectivity index (χ0v) is 18.7. The molecule has 0 bridgehead atoms. The molecule has 32 heavy (non-hydrogen) atoms. The summed E-state index contributed by atoms with van der Waals surface area (Å²) in [5.74, 6) is -0.0575. The Balaban J connectivity index is 1.58. The number of hydrogen-bond donors (Lipinski definition) is 3. The van der Waals surface area contributed by atoms with Crippen LogP contribution in [0.2, 0.25) is 5.02 Å². The van der Waals surface area contributed by atoms with Crippen molar-refractivity contribution in [3.8, 4) is 17.0 Å². The van der Waals surface area contributed by atoms with E-state index < -0.39 is 0 Å². The first-order chi connectivity index (χ1) is 15.3. The molecule has 1 fully saturated rings. The number of phenolic OH excluding ortho intramolecular Hbond substituents is 1. The van der Waals surface area contributed by atoms with Gasteiger partial charge >= 0.3 is 6.03 Å². The van der Waals surface area contributed by atoms with E-state index in [1.807, 2.05) is 19.9 Å². The molecule has 0 unspecified atom stereocenters. The summed E-state index contributed by atoms with van der Waals surface area (Å²) in [5.41, 5.74) is 2.76. The number of phenols is 1. The first kappa shape index (κ1) is 21.9. The first-order valence-corrected chi connectivity index (χ1v) is 11.0. The SMILES string of the molecule is CC(C)NC(=O)n1nc(-c2ccc(NC(=O)c3ccc(Cl)cc3)cc2O)cc1C1CCC1. The van der Waals surface area contributed by atoms with Crippen molar-refractivity contribution in [2.24, 2.45) is 0 Å². The lowest BCUT2D eigenvalue weighted by Gasteiger charge is -2.25. The van der Waals surface area contributed by atoms with Crippen molar-refractivity contribution < 1.29 is 14.7 Å². The normalized spacial score (nSPS) is 13.6. The summed E-state index contributed by atoms with van der Waals surface area (Å²) in [6.45, 7) is 3.79. The molecule has 0 aliphatic heterocycles. The van der Waals surface area contributed by atoms with Gasteiger partial charge in [-0.05, 0) is 69.2 Å². The summed E-state index contributed by atoms with van der Waals surface area (Å²) in [7, 11) is 0. The van der Waals surface area contributed by atoms with Crippen LogP contribution in [0, 0.1) is 0 Å². The predicted octanol–water partition coefficient (Wildman–Crippen LogP) is 5.40. The Morgan fingerprint density at radius 2 is 1.84 bits per heavy atom. The van der Waals surface area contributed by atoms with Gasteiger partial charge in [-0.25, -0.2) is 4.79 Å². The van der Waals surface area contributed by atoms with Gasteiger partial charge in [0.2, 0.25) is 0 Å². The molecule has 0 radical (unpaired) electrons. The Hall–Kier alpha value is -3.32. The van der Waals surface area contributed by atoms with E-state index in [1.54, 1.807) is 36.4 Å². The van der Waals surface area contributed by atoms with Crippen LogP contribution in [-0.2, 0) is 0 Å². The highest BCUT2D eigenvalue weighted by molar-refractivity contribution is 6.30. The number of aromatic nitrogens is 2. The average Bonchev–Trinajstić information content (AvgIpc) is 3.11. The van der Waals surface area contributed by atoms with Gasteiger partial charge in [0, 0.05) is 39.9 Å². The molecule has 0 atom stereocenters. The highest BCUT2D eigenvalue weighted by Gasteiger charge is 2.27. The lowest BCUT2D eigenvalue weighted by Crippen LogP contribution is -2.36. The van der Waals surface area contributed by atoms with E-state index in [1.165, 1.54) is 10.7 Å². The summed E-state index contributed by atoms with van der Waals surface area (Å²) < 4.78 is 1.41. The molecular formula is C24H25ClN4O3. The van der Waals surface area contributed by atoms with Crippen molar-refractivity contribution in [2.75, 3.05) is 5.32 Å². The van der Waals surface area contributed by atoms with Gasteiger partial charge in [0.25, 0.3) is 5.91 Å². The zero-order valence-electron chi connectivity index (χ0n) is 17.9. The molecule has 4 rings (SSSR count). The van der Waals surface area contributed by atoms with Gasteiger partial charge in [0.15, 0.2) is 0 Å². The molecule has 1 saturated carbocycles. The summed E-state index contributed by atoms with van der Waals surface area (Å²) >= 11 is 5.86. The summed E-state index contributed by atoms with van der Waals surface area (Å²) in [4.78, 5) is 25.1. The molecule has 3 N–H and O–H groups in total. The summed E-state index contributed by atoms with van der Waals surface area (Å²) in [5, 5.41) is 21.3. The van der Waals surface area contributed by atoms with Gasteiger partial charge in [-0.15, -0.1) is 0 Å². The zero-order chi connectivity index (χ0) is 22.8. The molecule has 8 heteroatoms. The van der Waals surface area contributed by atoms with Gasteiger partial charge in [-0.3, -0.25) is 4.79 Å². The molecule has 0 spiro atoms. The maximum atomic E-state index is 12.7. The maximum absolute atomic E-state index is 12.7. The number of halogens is 1. The van der Waals surface area contributed by atoms with Crippen LogP contribution in [0.1, 0.15) is 55.1 Å². The molecule has 166 valence electrons. The smallest absolute Gasteiger partial charge is 0.342 e. The van der Waals surface area contributed by atoms with E-state index in [2.05, 4.69) is 15.7 Å². The van der Waals surface area contributed by atoms with Crippen molar-refractivity contribution in [1.29, 1.82) is 0 Å². The second-order valence-electron chi connectivity index (χ2n) is 8.29. The Morgan fingerprint density at radius 1 is 1.12 bits per heavy atom. The molecule has 1 aromatic heterocycles. The lowest BCUT2D eigenvalue weighted by molar-refractivity contribution is 0.102. The number of amides is 2. The highest BCUT2D eigenvalue weighted by atomic mass is 35.5. The van der Waals surface area contributed by atoms with Gasteiger partial charge in [-0.2, -0.15) is 9.78 Å². The van der Waals surface area contributed by atoms with Crippen LogP contribution in [0.15, 0.2) is 48.5 Å². The second-order valence-corrected chi connectivity index (χ2v) is 8.73.